The average molecular weight is 246 g/mol. The summed E-state index contributed by atoms with van der Waals surface area (Å²) in [6, 6.07) is 8.00. The lowest BCUT2D eigenvalue weighted by molar-refractivity contribution is -0.120. The van der Waals surface area contributed by atoms with Crippen LogP contribution in [0.3, 0.4) is 0 Å². The minimum Gasteiger partial charge on any atom is -0.330 e. The number of hydrogen-bond acceptors (Lipinski definition) is 2. The second-order valence-corrected chi connectivity index (χ2v) is 5.03. The number of para-hydroxylation sites is 1. The number of anilines is 1. The standard InChI is InChI=1S/C15H22N2O/c1-2-11-6-3-4-9-14(11)17-15(18)13-8-5-7-12(13)10-16/h3-4,6,9,12-13H,2,5,7-8,10,16H2,1H3,(H,17,18). The normalized spacial score (nSPS) is 23.0. The van der Waals surface area contributed by atoms with E-state index >= 15 is 0 Å². The van der Waals surface area contributed by atoms with Crippen LogP contribution in [0, 0.1) is 11.8 Å². The molecule has 18 heavy (non-hydrogen) atoms. The maximum absolute atomic E-state index is 12.3. The number of nitrogens with one attached hydrogen (secondary N) is 1. The van der Waals surface area contributed by atoms with Gasteiger partial charge in [-0.05, 0) is 43.4 Å². The van der Waals surface area contributed by atoms with Gasteiger partial charge >= 0.3 is 0 Å². The van der Waals surface area contributed by atoms with Gasteiger partial charge in [-0.25, -0.2) is 0 Å². The van der Waals surface area contributed by atoms with Crippen molar-refractivity contribution in [3.8, 4) is 0 Å². The van der Waals surface area contributed by atoms with Crippen LogP contribution in [-0.4, -0.2) is 12.5 Å². The van der Waals surface area contributed by atoms with Crippen LogP contribution in [-0.2, 0) is 11.2 Å². The number of hydrogen-bond donors (Lipinski definition) is 2. The first-order chi connectivity index (χ1) is 8.76. The second-order valence-electron chi connectivity index (χ2n) is 5.03. The lowest BCUT2D eigenvalue weighted by atomic mass is 9.95. The molecule has 3 nitrogen and oxygen atoms in total. The highest BCUT2D eigenvalue weighted by Crippen LogP contribution is 2.32. The van der Waals surface area contributed by atoms with E-state index in [1.807, 2.05) is 18.2 Å². The Morgan fingerprint density at radius 3 is 2.89 bits per heavy atom. The minimum absolute atomic E-state index is 0.0971. The Bertz CT molecular complexity index is 417. The molecule has 2 atom stereocenters. The van der Waals surface area contributed by atoms with Gasteiger partial charge in [0, 0.05) is 11.6 Å². The highest BCUT2D eigenvalue weighted by atomic mass is 16.1. The number of benzene rings is 1. The SMILES string of the molecule is CCc1ccccc1NC(=O)C1CCCC1CN. The predicted molar refractivity (Wildman–Crippen MR) is 74.3 cm³/mol. The molecule has 1 aliphatic carbocycles. The largest absolute Gasteiger partial charge is 0.330 e. The molecule has 0 bridgehead atoms. The lowest BCUT2D eigenvalue weighted by Gasteiger charge is -2.18. The third kappa shape index (κ3) is 2.72. The van der Waals surface area contributed by atoms with E-state index in [1.54, 1.807) is 0 Å². The fraction of sp³-hybridized carbons (Fsp3) is 0.533. The fourth-order valence-electron chi connectivity index (χ4n) is 2.84. The van der Waals surface area contributed by atoms with Crippen LogP contribution in [0.2, 0.25) is 0 Å². The zero-order valence-electron chi connectivity index (χ0n) is 11.0. The van der Waals surface area contributed by atoms with Crippen molar-refractivity contribution in [1.29, 1.82) is 0 Å². The highest BCUT2D eigenvalue weighted by Gasteiger charge is 2.31. The molecule has 3 heteroatoms. The molecule has 1 amide bonds. The molecule has 0 heterocycles. The highest BCUT2D eigenvalue weighted by molar-refractivity contribution is 5.93. The molecule has 2 unspecified atom stereocenters. The Balaban J connectivity index is 2.07. The fourth-order valence-corrected chi connectivity index (χ4v) is 2.84. The zero-order valence-corrected chi connectivity index (χ0v) is 11.0. The molecular weight excluding hydrogens is 224 g/mol. The number of amides is 1. The van der Waals surface area contributed by atoms with Gasteiger partial charge in [0.1, 0.15) is 0 Å². The Labute approximate surface area is 109 Å². The van der Waals surface area contributed by atoms with Crippen molar-refractivity contribution in [2.24, 2.45) is 17.6 Å². The molecule has 98 valence electrons. The summed E-state index contributed by atoms with van der Waals surface area (Å²) >= 11 is 0. The first-order valence-corrected chi connectivity index (χ1v) is 6.85. The molecule has 1 aromatic rings. The summed E-state index contributed by atoms with van der Waals surface area (Å²) < 4.78 is 0. The van der Waals surface area contributed by atoms with Crippen molar-refractivity contribution < 1.29 is 4.79 Å². The summed E-state index contributed by atoms with van der Waals surface area (Å²) in [5.74, 6) is 0.600. The quantitative estimate of drug-likeness (QED) is 0.858. The van der Waals surface area contributed by atoms with Gasteiger partial charge in [-0.2, -0.15) is 0 Å². The Morgan fingerprint density at radius 1 is 1.39 bits per heavy atom. The maximum atomic E-state index is 12.3. The van der Waals surface area contributed by atoms with Crippen molar-refractivity contribution in [2.75, 3.05) is 11.9 Å². The first-order valence-electron chi connectivity index (χ1n) is 6.85. The van der Waals surface area contributed by atoms with Gasteiger partial charge in [-0.15, -0.1) is 0 Å². The number of rotatable bonds is 4. The number of aryl methyl sites for hydroxylation is 1. The van der Waals surface area contributed by atoms with Crippen molar-refractivity contribution >= 4 is 11.6 Å². The van der Waals surface area contributed by atoms with Gasteiger partial charge in [0.05, 0.1) is 0 Å². The molecule has 0 aliphatic heterocycles. The molecule has 0 radical (unpaired) electrons. The summed E-state index contributed by atoms with van der Waals surface area (Å²) in [5.41, 5.74) is 7.87. The Hall–Kier alpha value is -1.35. The molecule has 0 saturated heterocycles. The minimum atomic E-state index is 0.0971. The zero-order chi connectivity index (χ0) is 13.0. The molecular formula is C15H22N2O. The summed E-state index contributed by atoms with van der Waals surface area (Å²) in [6.45, 7) is 2.72. The van der Waals surface area contributed by atoms with Crippen molar-refractivity contribution in [1.82, 2.24) is 0 Å². The van der Waals surface area contributed by atoms with Gasteiger partial charge in [-0.1, -0.05) is 31.5 Å². The van der Waals surface area contributed by atoms with Crippen LogP contribution in [0.15, 0.2) is 24.3 Å². The second kappa shape index (κ2) is 6.01. The number of carbonyl (C=O) groups excluding carboxylic acids is 1. The third-order valence-corrected chi connectivity index (χ3v) is 3.95. The lowest BCUT2D eigenvalue weighted by Crippen LogP contribution is -2.30. The maximum Gasteiger partial charge on any atom is 0.227 e. The predicted octanol–water partition coefficient (Wildman–Crippen LogP) is 2.56. The van der Waals surface area contributed by atoms with Gasteiger partial charge in [0.15, 0.2) is 0 Å². The first kappa shape index (κ1) is 13.1. The van der Waals surface area contributed by atoms with E-state index < -0.39 is 0 Å². The molecule has 3 N–H and O–H groups in total. The number of nitrogens with two attached hydrogens (primary N) is 1. The van der Waals surface area contributed by atoms with E-state index in [4.69, 9.17) is 5.73 Å². The molecule has 1 aliphatic rings. The van der Waals surface area contributed by atoms with E-state index in [0.29, 0.717) is 12.5 Å². The van der Waals surface area contributed by atoms with Crippen LogP contribution in [0.25, 0.3) is 0 Å². The van der Waals surface area contributed by atoms with Crippen LogP contribution in [0.1, 0.15) is 31.7 Å². The van der Waals surface area contributed by atoms with E-state index in [9.17, 15) is 4.79 Å². The summed E-state index contributed by atoms with van der Waals surface area (Å²) in [4.78, 5) is 12.3. The van der Waals surface area contributed by atoms with Gasteiger partial charge in [0.25, 0.3) is 0 Å². The van der Waals surface area contributed by atoms with E-state index in [-0.39, 0.29) is 11.8 Å². The van der Waals surface area contributed by atoms with Crippen LogP contribution in [0.5, 0.6) is 0 Å². The molecule has 0 spiro atoms. The smallest absolute Gasteiger partial charge is 0.227 e. The van der Waals surface area contributed by atoms with Crippen LogP contribution >= 0.6 is 0 Å². The van der Waals surface area contributed by atoms with Crippen LogP contribution in [0.4, 0.5) is 5.69 Å². The monoisotopic (exact) mass is 246 g/mol. The summed E-state index contributed by atoms with van der Waals surface area (Å²) in [5, 5.41) is 3.07. The molecule has 0 aromatic heterocycles. The number of carbonyl (C=O) groups is 1. The van der Waals surface area contributed by atoms with Gasteiger partial charge < -0.3 is 11.1 Å². The van der Waals surface area contributed by atoms with Gasteiger partial charge in [-0.3, -0.25) is 4.79 Å². The summed E-state index contributed by atoms with van der Waals surface area (Å²) in [7, 11) is 0. The van der Waals surface area contributed by atoms with Gasteiger partial charge in [0.2, 0.25) is 5.91 Å². The third-order valence-electron chi connectivity index (χ3n) is 3.95. The molecule has 1 aromatic carbocycles. The van der Waals surface area contributed by atoms with Crippen LogP contribution < -0.4 is 11.1 Å². The summed E-state index contributed by atoms with van der Waals surface area (Å²) in [6.07, 6.45) is 4.11. The topological polar surface area (TPSA) is 55.1 Å². The van der Waals surface area contributed by atoms with E-state index in [1.165, 1.54) is 5.56 Å². The van der Waals surface area contributed by atoms with Crippen molar-refractivity contribution in [3.05, 3.63) is 29.8 Å². The molecule has 1 saturated carbocycles. The van der Waals surface area contributed by atoms with E-state index in [0.717, 1.165) is 31.4 Å². The Morgan fingerprint density at radius 2 is 2.17 bits per heavy atom. The average Bonchev–Trinajstić information content (AvgIpc) is 2.87. The van der Waals surface area contributed by atoms with Crippen molar-refractivity contribution in [2.45, 2.75) is 32.6 Å². The Kier molecular flexibility index (Phi) is 4.37. The van der Waals surface area contributed by atoms with E-state index in [2.05, 4.69) is 18.3 Å². The molecule has 1 fully saturated rings. The van der Waals surface area contributed by atoms with Crippen molar-refractivity contribution in [3.63, 3.8) is 0 Å². The molecule has 2 rings (SSSR count).